The molecule has 1 aliphatic carbocycles. The molecule has 0 N–H and O–H groups in total. The van der Waals surface area contributed by atoms with E-state index >= 15 is 0 Å². The highest BCUT2D eigenvalue weighted by Gasteiger charge is 2.69. The second-order valence-electron chi connectivity index (χ2n) is 4.65. The van der Waals surface area contributed by atoms with Gasteiger partial charge >= 0.3 is 11.9 Å². The van der Waals surface area contributed by atoms with Gasteiger partial charge in [-0.2, -0.15) is 0 Å². The minimum atomic E-state index is -1.05. The van der Waals surface area contributed by atoms with Gasteiger partial charge < -0.3 is 9.47 Å². The van der Waals surface area contributed by atoms with Crippen molar-refractivity contribution in [3.63, 3.8) is 0 Å². The Labute approximate surface area is 130 Å². The lowest BCUT2D eigenvalue weighted by Gasteiger charge is -2.10. The Kier molecular flexibility index (Phi) is 4.27. The average molecular weight is 338 g/mol. The fraction of sp³-hybridized carbons (Fsp3) is 0.583. The van der Waals surface area contributed by atoms with Gasteiger partial charge in [0.25, 0.3) is 0 Å². The summed E-state index contributed by atoms with van der Waals surface area (Å²) in [7, 11) is 0. The molecule has 1 unspecified atom stereocenters. The molecule has 0 aliphatic heterocycles. The molecule has 0 aromatic carbocycles. The maximum absolute atomic E-state index is 11.9. The van der Waals surface area contributed by atoms with Crippen molar-refractivity contribution < 1.29 is 19.1 Å². The fourth-order valence-corrected chi connectivity index (χ4v) is 2.96. The van der Waals surface area contributed by atoms with E-state index < -0.39 is 21.7 Å². The van der Waals surface area contributed by atoms with Crippen LogP contribution in [0.25, 0.3) is 0 Å². The highest BCUT2D eigenvalue weighted by Crippen LogP contribution is 2.64. The largest absolute Gasteiger partial charge is 0.461 e. The molecule has 1 fully saturated rings. The Bertz CT molecular complexity index is 545. The average Bonchev–Trinajstić information content (AvgIpc) is 2.78. The Morgan fingerprint density at radius 1 is 1.45 bits per heavy atom. The van der Waals surface area contributed by atoms with E-state index in [1.165, 1.54) is 0 Å². The molecule has 0 spiro atoms. The molecule has 2 rings (SSSR count). The second kappa shape index (κ2) is 5.50. The van der Waals surface area contributed by atoms with Gasteiger partial charge in [-0.25, -0.2) is 9.78 Å². The quantitative estimate of drug-likeness (QED) is 0.610. The van der Waals surface area contributed by atoms with Crippen molar-refractivity contribution in [1.29, 1.82) is 0 Å². The molecule has 1 aromatic heterocycles. The number of nitrogens with zero attached hydrogens (tertiary/aromatic N) is 1. The van der Waals surface area contributed by atoms with Crippen molar-refractivity contribution >= 4 is 46.5 Å². The molecule has 20 heavy (non-hydrogen) atoms. The second-order valence-corrected chi connectivity index (χ2v) is 7.00. The number of alkyl halides is 2. The molecule has 0 amide bonds. The molecule has 0 radical (unpaired) electrons. The number of ether oxygens (including phenoxy) is 2. The summed E-state index contributed by atoms with van der Waals surface area (Å²) < 4.78 is 8.90. The van der Waals surface area contributed by atoms with Crippen molar-refractivity contribution in [2.24, 2.45) is 5.41 Å². The first-order valence-corrected chi connectivity index (χ1v) is 7.60. The Morgan fingerprint density at radius 2 is 2.10 bits per heavy atom. The highest BCUT2D eigenvalue weighted by molar-refractivity contribution is 7.11. The van der Waals surface area contributed by atoms with Crippen LogP contribution in [0.1, 0.15) is 35.8 Å². The number of rotatable bonds is 5. The maximum atomic E-state index is 11.9. The molecule has 1 saturated carbocycles. The number of hydrogen-bond acceptors (Lipinski definition) is 6. The van der Waals surface area contributed by atoms with Gasteiger partial charge in [0.1, 0.15) is 16.4 Å². The smallest absolute Gasteiger partial charge is 0.367 e. The minimum Gasteiger partial charge on any atom is -0.461 e. The zero-order chi connectivity index (χ0) is 15.0. The molecular weight excluding hydrogens is 325 g/mol. The number of thiazole rings is 1. The van der Waals surface area contributed by atoms with Gasteiger partial charge in [0.2, 0.25) is 5.01 Å². The summed E-state index contributed by atoms with van der Waals surface area (Å²) in [4.78, 5) is 27.3. The lowest BCUT2D eigenvalue weighted by atomic mass is 10.1. The number of carbonyl (C=O) groups is 2. The summed E-state index contributed by atoms with van der Waals surface area (Å²) in [5.41, 5.74) is -0.374. The SMILES string of the molecule is CCOC(=O)c1nc(COC(=O)C2(C)CC2(Cl)Cl)cs1. The van der Waals surface area contributed by atoms with Gasteiger partial charge in [0, 0.05) is 11.8 Å². The van der Waals surface area contributed by atoms with Crippen molar-refractivity contribution in [2.45, 2.75) is 31.2 Å². The van der Waals surface area contributed by atoms with E-state index in [-0.39, 0.29) is 18.2 Å². The molecule has 8 heteroatoms. The van der Waals surface area contributed by atoms with Crippen LogP contribution in [-0.4, -0.2) is 27.9 Å². The van der Waals surface area contributed by atoms with E-state index in [0.29, 0.717) is 12.1 Å². The standard InChI is InChI=1S/C12H13Cl2NO4S/c1-3-18-9(16)8-15-7(5-20-8)4-19-10(17)11(2)6-12(11,13)14/h5H,3-4,6H2,1-2H3. The molecule has 0 bridgehead atoms. The summed E-state index contributed by atoms with van der Waals surface area (Å²) >= 11 is 12.9. The summed E-state index contributed by atoms with van der Waals surface area (Å²) in [6.07, 6.45) is 0.368. The third kappa shape index (κ3) is 2.92. The molecule has 1 aliphatic rings. The Balaban J connectivity index is 1.89. The lowest BCUT2D eigenvalue weighted by molar-refractivity contribution is -0.151. The van der Waals surface area contributed by atoms with Crippen LogP contribution in [0.5, 0.6) is 0 Å². The van der Waals surface area contributed by atoms with E-state index in [4.69, 9.17) is 32.7 Å². The molecule has 0 saturated heterocycles. The van der Waals surface area contributed by atoms with Gasteiger partial charge in [-0.15, -0.1) is 34.5 Å². The van der Waals surface area contributed by atoms with E-state index in [2.05, 4.69) is 4.98 Å². The van der Waals surface area contributed by atoms with E-state index in [0.717, 1.165) is 11.3 Å². The number of aromatic nitrogens is 1. The first-order valence-electron chi connectivity index (χ1n) is 5.97. The minimum absolute atomic E-state index is 0.0197. The van der Waals surface area contributed by atoms with Crippen molar-refractivity contribution in [2.75, 3.05) is 6.61 Å². The maximum Gasteiger partial charge on any atom is 0.367 e. The van der Waals surface area contributed by atoms with Gasteiger partial charge in [-0.1, -0.05) is 0 Å². The Hall–Kier alpha value is -0.850. The zero-order valence-electron chi connectivity index (χ0n) is 10.9. The summed E-state index contributed by atoms with van der Waals surface area (Å²) in [5, 5.41) is 1.88. The molecular formula is C12H13Cl2NO4S. The third-order valence-corrected chi connectivity index (χ3v) is 5.03. The van der Waals surface area contributed by atoms with E-state index in [9.17, 15) is 9.59 Å². The highest BCUT2D eigenvalue weighted by atomic mass is 35.5. The van der Waals surface area contributed by atoms with Gasteiger partial charge in [0.15, 0.2) is 0 Å². The van der Waals surface area contributed by atoms with Crippen LogP contribution in [0.2, 0.25) is 0 Å². The first kappa shape index (κ1) is 15.5. The van der Waals surface area contributed by atoms with Crippen LogP contribution in [0.4, 0.5) is 0 Å². The van der Waals surface area contributed by atoms with E-state index in [1.807, 2.05) is 0 Å². The molecule has 1 atom stereocenters. The number of esters is 2. The van der Waals surface area contributed by atoms with Gasteiger partial charge in [0.05, 0.1) is 12.3 Å². The number of halogens is 2. The number of hydrogen-bond donors (Lipinski definition) is 0. The summed E-state index contributed by atoms with van der Waals surface area (Å²) in [6, 6.07) is 0. The Morgan fingerprint density at radius 3 is 2.65 bits per heavy atom. The normalized spacial score (nSPS) is 23.2. The van der Waals surface area contributed by atoms with Gasteiger partial charge in [-0.3, -0.25) is 4.79 Å². The van der Waals surface area contributed by atoms with Crippen LogP contribution >= 0.6 is 34.5 Å². The lowest BCUT2D eigenvalue weighted by Crippen LogP contribution is -2.21. The molecule has 110 valence electrons. The predicted molar refractivity (Wildman–Crippen MR) is 75.0 cm³/mol. The molecule has 1 aromatic rings. The summed E-state index contributed by atoms with van der Waals surface area (Å²) in [6.45, 7) is 3.64. The molecule has 1 heterocycles. The van der Waals surface area contributed by atoms with E-state index in [1.54, 1.807) is 19.2 Å². The first-order chi connectivity index (χ1) is 9.30. The zero-order valence-corrected chi connectivity index (χ0v) is 13.3. The predicted octanol–water partition coefficient (Wildman–Crippen LogP) is 2.95. The van der Waals surface area contributed by atoms with Crippen LogP contribution in [0.3, 0.4) is 0 Å². The van der Waals surface area contributed by atoms with Crippen LogP contribution in [0, 0.1) is 5.41 Å². The fourth-order valence-electron chi connectivity index (χ4n) is 1.58. The van der Waals surface area contributed by atoms with Crippen molar-refractivity contribution in [3.8, 4) is 0 Å². The van der Waals surface area contributed by atoms with Gasteiger partial charge in [-0.05, 0) is 13.8 Å². The van der Waals surface area contributed by atoms with Crippen molar-refractivity contribution in [1.82, 2.24) is 4.98 Å². The van der Waals surface area contributed by atoms with Crippen LogP contribution in [0.15, 0.2) is 5.38 Å². The monoisotopic (exact) mass is 337 g/mol. The third-order valence-electron chi connectivity index (χ3n) is 3.06. The van der Waals surface area contributed by atoms with Crippen molar-refractivity contribution in [3.05, 3.63) is 16.1 Å². The van der Waals surface area contributed by atoms with Crippen LogP contribution in [-0.2, 0) is 20.9 Å². The summed E-state index contributed by atoms with van der Waals surface area (Å²) in [5.74, 6) is -0.946. The topological polar surface area (TPSA) is 65.5 Å². The van der Waals surface area contributed by atoms with Crippen LogP contribution < -0.4 is 0 Å². The molecule has 5 nitrogen and oxygen atoms in total. The number of carbonyl (C=O) groups excluding carboxylic acids is 2.